The van der Waals surface area contributed by atoms with Gasteiger partial charge in [0, 0.05) is 36.4 Å². The van der Waals surface area contributed by atoms with Crippen molar-refractivity contribution in [3.63, 3.8) is 0 Å². The number of hydrogen-bond donors (Lipinski definition) is 1. The van der Waals surface area contributed by atoms with Crippen LogP contribution in [0.4, 0.5) is 11.4 Å². The summed E-state index contributed by atoms with van der Waals surface area (Å²) in [6.45, 7) is 14.3. The molecule has 0 fully saturated rings. The van der Waals surface area contributed by atoms with Gasteiger partial charge in [0.15, 0.2) is 0 Å². The molecule has 2 nitrogen and oxygen atoms in total. The molecule has 3 aromatic rings. The maximum absolute atomic E-state index is 3.63. The quantitative estimate of drug-likeness (QED) is 0.400. The Kier molecular flexibility index (Phi) is 7.20. The zero-order valence-electron chi connectivity index (χ0n) is 19.2. The molecule has 0 aliphatic rings. The van der Waals surface area contributed by atoms with Crippen LogP contribution >= 0.6 is 0 Å². The fraction of sp³-hybridized carbons (Fsp3) is 0.357. The van der Waals surface area contributed by atoms with E-state index in [1.807, 2.05) is 0 Å². The molecule has 0 spiro atoms. The standard InChI is InChI=1S/C28H36N2/c1-6-29-27-25-14-10-9-13-23(25)17-20-26(27)28(4,5)21-11-12-22-15-18-24(19-16-22)30(7-2)8-3/h9-20,29H,6-8,21H2,1-5H3/b12-11+. The second kappa shape index (κ2) is 9.84. The average Bonchev–Trinajstić information content (AvgIpc) is 2.76. The fourth-order valence-corrected chi connectivity index (χ4v) is 4.19. The first-order valence-electron chi connectivity index (χ1n) is 11.3. The zero-order chi connectivity index (χ0) is 21.6. The number of allylic oxidation sites excluding steroid dienone is 1. The van der Waals surface area contributed by atoms with Crippen molar-refractivity contribution >= 4 is 28.2 Å². The number of benzene rings is 3. The van der Waals surface area contributed by atoms with E-state index in [2.05, 4.69) is 118 Å². The molecular weight excluding hydrogens is 364 g/mol. The lowest BCUT2D eigenvalue weighted by molar-refractivity contribution is 0.537. The minimum absolute atomic E-state index is 0.0409. The van der Waals surface area contributed by atoms with Gasteiger partial charge in [-0.3, -0.25) is 0 Å². The molecule has 0 aliphatic heterocycles. The Labute approximate surface area is 182 Å². The van der Waals surface area contributed by atoms with Gasteiger partial charge in [0.1, 0.15) is 0 Å². The molecule has 0 heterocycles. The summed E-state index contributed by atoms with van der Waals surface area (Å²) in [6, 6.07) is 22.1. The summed E-state index contributed by atoms with van der Waals surface area (Å²) in [7, 11) is 0. The molecule has 0 bridgehead atoms. The third kappa shape index (κ3) is 4.87. The molecule has 3 rings (SSSR count). The number of anilines is 2. The Morgan fingerprint density at radius 2 is 1.57 bits per heavy atom. The van der Waals surface area contributed by atoms with Crippen molar-refractivity contribution in [3.8, 4) is 0 Å². The number of rotatable bonds is 9. The summed E-state index contributed by atoms with van der Waals surface area (Å²) in [5.41, 5.74) is 5.25. The molecule has 158 valence electrons. The van der Waals surface area contributed by atoms with Crippen LogP contribution in [-0.4, -0.2) is 19.6 Å². The van der Waals surface area contributed by atoms with Gasteiger partial charge in [-0.15, -0.1) is 0 Å². The van der Waals surface area contributed by atoms with Crippen LogP contribution in [-0.2, 0) is 5.41 Å². The van der Waals surface area contributed by atoms with E-state index in [-0.39, 0.29) is 5.41 Å². The maximum Gasteiger partial charge on any atom is 0.0457 e. The van der Waals surface area contributed by atoms with Crippen LogP contribution in [0.1, 0.15) is 52.2 Å². The Balaban J connectivity index is 1.80. The van der Waals surface area contributed by atoms with Crippen molar-refractivity contribution in [2.24, 2.45) is 0 Å². The number of hydrogen-bond acceptors (Lipinski definition) is 2. The van der Waals surface area contributed by atoms with Crippen LogP contribution in [0.15, 0.2) is 66.7 Å². The largest absolute Gasteiger partial charge is 0.385 e. The lowest BCUT2D eigenvalue weighted by Gasteiger charge is -2.28. The molecule has 0 atom stereocenters. The summed E-state index contributed by atoms with van der Waals surface area (Å²) >= 11 is 0. The van der Waals surface area contributed by atoms with Gasteiger partial charge in [-0.25, -0.2) is 0 Å². The topological polar surface area (TPSA) is 15.3 Å². The highest BCUT2D eigenvalue weighted by Gasteiger charge is 2.23. The van der Waals surface area contributed by atoms with E-state index < -0.39 is 0 Å². The van der Waals surface area contributed by atoms with Gasteiger partial charge in [-0.1, -0.05) is 74.5 Å². The number of fused-ring (bicyclic) bond motifs is 1. The van der Waals surface area contributed by atoms with Crippen LogP contribution in [0.5, 0.6) is 0 Å². The van der Waals surface area contributed by atoms with E-state index in [0.29, 0.717) is 0 Å². The Morgan fingerprint density at radius 3 is 2.23 bits per heavy atom. The van der Waals surface area contributed by atoms with Gasteiger partial charge in [0.25, 0.3) is 0 Å². The molecule has 0 saturated heterocycles. The molecule has 0 aliphatic carbocycles. The van der Waals surface area contributed by atoms with E-state index in [1.54, 1.807) is 0 Å². The van der Waals surface area contributed by atoms with E-state index >= 15 is 0 Å². The third-order valence-corrected chi connectivity index (χ3v) is 5.97. The number of nitrogens with one attached hydrogen (secondary N) is 1. The summed E-state index contributed by atoms with van der Waals surface area (Å²) in [4.78, 5) is 2.37. The van der Waals surface area contributed by atoms with Gasteiger partial charge in [-0.2, -0.15) is 0 Å². The Bertz CT molecular complexity index is 979. The van der Waals surface area contributed by atoms with Gasteiger partial charge in [0.2, 0.25) is 0 Å². The lowest BCUT2D eigenvalue weighted by Crippen LogP contribution is -2.21. The van der Waals surface area contributed by atoms with Crippen molar-refractivity contribution < 1.29 is 0 Å². The highest BCUT2D eigenvalue weighted by atomic mass is 15.1. The molecule has 0 unspecified atom stereocenters. The fourth-order valence-electron chi connectivity index (χ4n) is 4.19. The predicted molar refractivity (Wildman–Crippen MR) is 135 cm³/mol. The molecule has 1 N–H and O–H groups in total. The van der Waals surface area contributed by atoms with E-state index in [1.165, 1.54) is 33.3 Å². The van der Waals surface area contributed by atoms with Crippen LogP contribution < -0.4 is 10.2 Å². The highest BCUT2D eigenvalue weighted by molar-refractivity contribution is 5.96. The second-order valence-electron chi connectivity index (χ2n) is 8.49. The van der Waals surface area contributed by atoms with Crippen LogP contribution in [0, 0.1) is 0 Å². The first-order valence-corrected chi connectivity index (χ1v) is 11.3. The van der Waals surface area contributed by atoms with E-state index in [4.69, 9.17) is 0 Å². The summed E-state index contributed by atoms with van der Waals surface area (Å²) in [5.74, 6) is 0. The SMILES string of the molecule is CCNc1c(C(C)(C)C/C=C/c2ccc(N(CC)CC)cc2)ccc2ccccc12. The van der Waals surface area contributed by atoms with E-state index in [0.717, 1.165) is 26.1 Å². The smallest absolute Gasteiger partial charge is 0.0457 e. The monoisotopic (exact) mass is 400 g/mol. The first-order chi connectivity index (χ1) is 14.5. The van der Waals surface area contributed by atoms with Gasteiger partial charge in [0.05, 0.1) is 0 Å². The molecule has 30 heavy (non-hydrogen) atoms. The van der Waals surface area contributed by atoms with Crippen LogP contribution in [0.2, 0.25) is 0 Å². The second-order valence-corrected chi connectivity index (χ2v) is 8.49. The van der Waals surface area contributed by atoms with Crippen molar-refractivity contribution in [1.82, 2.24) is 0 Å². The number of nitrogens with zero attached hydrogens (tertiary/aromatic N) is 1. The molecule has 0 saturated carbocycles. The van der Waals surface area contributed by atoms with Gasteiger partial charge >= 0.3 is 0 Å². The van der Waals surface area contributed by atoms with Crippen molar-refractivity contribution in [2.45, 2.75) is 46.5 Å². The average molecular weight is 401 g/mol. The summed E-state index contributed by atoms with van der Waals surface area (Å²) in [6.07, 6.45) is 5.56. The van der Waals surface area contributed by atoms with Crippen molar-refractivity contribution in [1.29, 1.82) is 0 Å². The summed E-state index contributed by atoms with van der Waals surface area (Å²) in [5, 5.41) is 6.23. The molecule has 3 aromatic carbocycles. The molecule has 2 heteroatoms. The normalized spacial score (nSPS) is 11.9. The molecular formula is C28H36N2. The van der Waals surface area contributed by atoms with Crippen molar-refractivity contribution in [3.05, 3.63) is 77.9 Å². The summed E-state index contributed by atoms with van der Waals surface area (Å²) < 4.78 is 0. The predicted octanol–water partition coefficient (Wildman–Crippen LogP) is 7.50. The highest BCUT2D eigenvalue weighted by Crippen LogP contribution is 2.38. The van der Waals surface area contributed by atoms with E-state index in [9.17, 15) is 0 Å². The zero-order valence-corrected chi connectivity index (χ0v) is 19.2. The Hall–Kier alpha value is -2.74. The minimum atomic E-state index is 0.0409. The first kappa shape index (κ1) is 22.0. The van der Waals surface area contributed by atoms with Crippen LogP contribution in [0.3, 0.4) is 0 Å². The van der Waals surface area contributed by atoms with Gasteiger partial charge in [-0.05, 0) is 61.3 Å². The molecule has 0 aromatic heterocycles. The lowest BCUT2D eigenvalue weighted by atomic mass is 9.79. The third-order valence-electron chi connectivity index (χ3n) is 5.97. The minimum Gasteiger partial charge on any atom is -0.385 e. The van der Waals surface area contributed by atoms with Crippen molar-refractivity contribution in [2.75, 3.05) is 29.9 Å². The molecule has 0 radical (unpaired) electrons. The maximum atomic E-state index is 3.63. The molecule has 0 amide bonds. The Morgan fingerprint density at radius 1 is 0.867 bits per heavy atom. The van der Waals surface area contributed by atoms with Crippen LogP contribution in [0.25, 0.3) is 16.8 Å². The van der Waals surface area contributed by atoms with Gasteiger partial charge < -0.3 is 10.2 Å².